The van der Waals surface area contributed by atoms with E-state index in [1.165, 1.54) is 5.69 Å². The Morgan fingerprint density at radius 1 is 1.42 bits per heavy atom. The Labute approximate surface area is 117 Å². The maximum atomic E-state index is 5.07. The van der Waals surface area contributed by atoms with Gasteiger partial charge in [0.05, 0.1) is 12.3 Å². The lowest BCUT2D eigenvalue weighted by atomic mass is 9.91. The molecule has 0 aliphatic rings. The molecule has 0 aliphatic heterocycles. The average molecular weight is 267 g/mol. The normalized spacial score (nSPS) is 13.2. The van der Waals surface area contributed by atoms with Crippen molar-refractivity contribution in [3.8, 4) is 0 Å². The van der Waals surface area contributed by atoms with Gasteiger partial charge in [-0.05, 0) is 44.7 Å². The highest BCUT2D eigenvalue weighted by molar-refractivity contribution is 5.10. The minimum Gasteiger partial charge on any atom is -0.383 e. The third-order valence-corrected chi connectivity index (χ3v) is 3.59. The Hall–Kier alpha value is -0.870. The van der Waals surface area contributed by atoms with E-state index >= 15 is 0 Å². The van der Waals surface area contributed by atoms with E-state index in [4.69, 9.17) is 4.74 Å². The smallest absolute Gasteiger partial charge is 0.0596 e. The molecule has 1 N–H and O–H groups in total. The van der Waals surface area contributed by atoms with E-state index in [1.54, 1.807) is 7.11 Å². The first-order valence-electron chi connectivity index (χ1n) is 7.31. The number of nitrogens with one attached hydrogen (secondary N) is 1. The summed E-state index contributed by atoms with van der Waals surface area (Å²) >= 11 is 0. The maximum absolute atomic E-state index is 5.07. The highest BCUT2D eigenvalue weighted by Gasteiger charge is 2.16. The molecule has 1 rings (SSSR count). The second-order valence-electron chi connectivity index (χ2n) is 5.50. The fourth-order valence-electron chi connectivity index (χ4n) is 2.31. The van der Waals surface area contributed by atoms with Gasteiger partial charge in [-0.2, -0.15) is 5.10 Å². The number of hydrogen-bond donors (Lipinski definition) is 1. The molecule has 0 amide bonds. The highest BCUT2D eigenvalue weighted by atomic mass is 16.5. The molecule has 0 saturated heterocycles. The number of hydrogen-bond acceptors (Lipinski definition) is 3. The number of rotatable bonds is 9. The molecule has 1 aromatic heterocycles. The van der Waals surface area contributed by atoms with Crippen molar-refractivity contribution in [3.63, 3.8) is 0 Å². The van der Waals surface area contributed by atoms with Crippen molar-refractivity contribution >= 4 is 0 Å². The van der Waals surface area contributed by atoms with Crippen LogP contribution in [0.4, 0.5) is 0 Å². The SMILES string of the molecule is CCn1nc(C)cc1CC(CNCCOC)C(C)C. The van der Waals surface area contributed by atoms with E-state index in [0.717, 1.165) is 38.4 Å². The van der Waals surface area contributed by atoms with Gasteiger partial charge in [-0.15, -0.1) is 0 Å². The number of ether oxygens (including phenoxy) is 1. The van der Waals surface area contributed by atoms with Crippen molar-refractivity contribution in [1.82, 2.24) is 15.1 Å². The van der Waals surface area contributed by atoms with Crippen LogP contribution >= 0.6 is 0 Å². The summed E-state index contributed by atoms with van der Waals surface area (Å²) < 4.78 is 7.19. The van der Waals surface area contributed by atoms with Crippen molar-refractivity contribution in [2.45, 2.75) is 40.7 Å². The van der Waals surface area contributed by atoms with Crippen LogP contribution in [0.1, 0.15) is 32.2 Å². The molecule has 110 valence electrons. The quantitative estimate of drug-likeness (QED) is 0.698. The molecule has 4 heteroatoms. The lowest BCUT2D eigenvalue weighted by Crippen LogP contribution is -2.30. The van der Waals surface area contributed by atoms with E-state index in [1.807, 2.05) is 0 Å². The van der Waals surface area contributed by atoms with Crippen LogP contribution in [-0.4, -0.2) is 36.6 Å². The third kappa shape index (κ3) is 5.33. The zero-order chi connectivity index (χ0) is 14.3. The Kier molecular flexibility index (Phi) is 7.10. The van der Waals surface area contributed by atoms with Crippen molar-refractivity contribution in [2.24, 2.45) is 11.8 Å². The lowest BCUT2D eigenvalue weighted by molar-refractivity contribution is 0.196. The van der Waals surface area contributed by atoms with Crippen LogP contribution in [0.5, 0.6) is 0 Å². The first-order valence-corrected chi connectivity index (χ1v) is 7.31. The minimum absolute atomic E-state index is 0.637. The van der Waals surface area contributed by atoms with E-state index in [2.05, 4.69) is 48.9 Å². The number of methoxy groups -OCH3 is 1. The summed E-state index contributed by atoms with van der Waals surface area (Å²) in [4.78, 5) is 0. The number of aromatic nitrogens is 2. The van der Waals surface area contributed by atoms with E-state index in [9.17, 15) is 0 Å². The van der Waals surface area contributed by atoms with Crippen LogP contribution in [0.25, 0.3) is 0 Å². The van der Waals surface area contributed by atoms with E-state index in [-0.39, 0.29) is 0 Å². The maximum Gasteiger partial charge on any atom is 0.0596 e. The van der Waals surface area contributed by atoms with Gasteiger partial charge in [-0.25, -0.2) is 0 Å². The minimum atomic E-state index is 0.637. The molecule has 1 atom stereocenters. The fraction of sp³-hybridized carbons (Fsp3) is 0.800. The number of nitrogens with zero attached hydrogens (tertiary/aromatic N) is 2. The van der Waals surface area contributed by atoms with Crippen molar-refractivity contribution in [2.75, 3.05) is 26.8 Å². The summed E-state index contributed by atoms with van der Waals surface area (Å²) in [5.41, 5.74) is 2.47. The van der Waals surface area contributed by atoms with Gasteiger partial charge >= 0.3 is 0 Å². The summed E-state index contributed by atoms with van der Waals surface area (Å²) in [7, 11) is 1.74. The molecule has 19 heavy (non-hydrogen) atoms. The van der Waals surface area contributed by atoms with Crippen molar-refractivity contribution in [3.05, 3.63) is 17.5 Å². The monoisotopic (exact) mass is 267 g/mol. The highest BCUT2D eigenvalue weighted by Crippen LogP contribution is 2.17. The molecule has 4 nitrogen and oxygen atoms in total. The van der Waals surface area contributed by atoms with Gasteiger partial charge in [0.15, 0.2) is 0 Å². The van der Waals surface area contributed by atoms with Crippen LogP contribution in [0.15, 0.2) is 6.07 Å². The molecular formula is C15H29N3O. The Morgan fingerprint density at radius 2 is 2.16 bits per heavy atom. The van der Waals surface area contributed by atoms with Crippen LogP contribution in [-0.2, 0) is 17.7 Å². The largest absolute Gasteiger partial charge is 0.383 e. The van der Waals surface area contributed by atoms with Crippen molar-refractivity contribution in [1.29, 1.82) is 0 Å². The van der Waals surface area contributed by atoms with Crippen LogP contribution in [0, 0.1) is 18.8 Å². The van der Waals surface area contributed by atoms with Crippen LogP contribution in [0.3, 0.4) is 0 Å². The predicted octanol–water partition coefficient (Wildman–Crippen LogP) is 2.26. The molecule has 0 spiro atoms. The molecule has 0 radical (unpaired) electrons. The van der Waals surface area contributed by atoms with E-state index in [0.29, 0.717) is 11.8 Å². The number of aryl methyl sites for hydroxylation is 2. The second-order valence-corrected chi connectivity index (χ2v) is 5.50. The Bertz CT molecular complexity index is 360. The van der Waals surface area contributed by atoms with E-state index < -0.39 is 0 Å². The second kappa shape index (κ2) is 8.33. The summed E-state index contributed by atoms with van der Waals surface area (Å²) in [5.74, 6) is 1.30. The standard InChI is InChI=1S/C15H29N3O/c1-6-18-15(9-13(4)17-18)10-14(12(2)3)11-16-7-8-19-5/h9,12,14,16H,6-8,10-11H2,1-5H3. The summed E-state index contributed by atoms with van der Waals surface area (Å²) in [6.07, 6.45) is 1.09. The van der Waals surface area contributed by atoms with Gasteiger partial charge in [-0.1, -0.05) is 13.8 Å². The molecule has 0 aliphatic carbocycles. The zero-order valence-corrected chi connectivity index (χ0v) is 13.1. The first kappa shape index (κ1) is 16.2. The average Bonchev–Trinajstić information content (AvgIpc) is 2.73. The molecule has 1 aromatic rings. The van der Waals surface area contributed by atoms with Crippen LogP contribution < -0.4 is 5.32 Å². The van der Waals surface area contributed by atoms with Gasteiger partial charge < -0.3 is 10.1 Å². The van der Waals surface area contributed by atoms with Gasteiger partial charge in [0.2, 0.25) is 0 Å². The Morgan fingerprint density at radius 3 is 2.74 bits per heavy atom. The molecule has 0 saturated carbocycles. The third-order valence-electron chi connectivity index (χ3n) is 3.59. The van der Waals surface area contributed by atoms with Gasteiger partial charge in [0.25, 0.3) is 0 Å². The lowest BCUT2D eigenvalue weighted by Gasteiger charge is -2.21. The van der Waals surface area contributed by atoms with Crippen molar-refractivity contribution < 1.29 is 4.74 Å². The Balaban J connectivity index is 2.57. The molecule has 0 aromatic carbocycles. The molecular weight excluding hydrogens is 238 g/mol. The van der Waals surface area contributed by atoms with Gasteiger partial charge in [-0.3, -0.25) is 4.68 Å². The summed E-state index contributed by atoms with van der Waals surface area (Å²) in [5, 5.41) is 8.01. The predicted molar refractivity (Wildman–Crippen MR) is 79.4 cm³/mol. The zero-order valence-electron chi connectivity index (χ0n) is 13.1. The van der Waals surface area contributed by atoms with Gasteiger partial charge in [0.1, 0.15) is 0 Å². The van der Waals surface area contributed by atoms with Crippen LogP contribution in [0.2, 0.25) is 0 Å². The molecule has 0 bridgehead atoms. The summed E-state index contributed by atoms with van der Waals surface area (Å²) in [6.45, 7) is 12.5. The molecule has 0 fully saturated rings. The van der Waals surface area contributed by atoms with Gasteiger partial charge in [0, 0.05) is 25.9 Å². The first-order chi connectivity index (χ1) is 9.08. The summed E-state index contributed by atoms with van der Waals surface area (Å²) in [6, 6.07) is 2.22. The topological polar surface area (TPSA) is 39.1 Å². The molecule has 1 heterocycles. The fourth-order valence-corrected chi connectivity index (χ4v) is 2.31. The molecule has 1 unspecified atom stereocenters.